The van der Waals surface area contributed by atoms with Crippen molar-refractivity contribution >= 4 is 11.6 Å². The molecule has 2 aliphatic rings. The van der Waals surface area contributed by atoms with Gasteiger partial charge in [0.25, 0.3) is 0 Å². The Morgan fingerprint density at radius 3 is 1.76 bits per heavy atom. The zero-order valence-electron chi connectivity index (χ0n) is 20.4. The average molecular weight is 491 g/mol. The summed E-state index contributed by atoms with van der Waals surface area (Å²) in [5.74, 6) is 0.888. The number of unbranched alkanes of at least 4 members (excludes halogenated alkanes) is 1. The third kappa shape index (κ3) is 6.39. The Kier molecular flexibility index (Phi) is 9.02. The fourth-order valence-corrected chi connectivity index (χ4v) is 6.43. The smallest absolute Gasteiger partial charge is 0.142 e. The van der Waals surface area contributed by atoms with Crippen LogP contribution < -0.4 is 0 Å². The average Bonchev–Trinajstić information content (AvgIpc) is 2.84. The van der Waals surface area contributed by atoms with Crippen molar-refractivity contribution in [1.82, 2.24) is 0 Å². The van der Waals surface area contributed by atoms with Crippen molar-refractivity contribution in [3.05, 3.63) is 58.4 Å². The molecule has 0 aromatic heterocycles. The molecule has 2 aromatic carbocycles. The van der Waals surface area contributed by atoms with E-state index < -0.39 is 17.5 Å². The summed E-state index contributed by atoms with van der Waals surface area (Å²) in [6.45, 7) is 2.28. The summed E-state index contributed by atoms with van der Waals surface area (Å²) in [5, 5.41) is -0.0578. The van der Waals surface area contributed by atoms with E-state index in [9.17, 15) is 13.2 Å². The van der Waals surface area contributed by atoms with Gasteiger partial charge in [-0.3, -0.25) is 0 Å². The monoisotopic (exact) mass is 490 g/mol. The molecule has 0 N–H and O–H groups in total. The molecule has 2 aromatic rings. The quantitative estimate of drug-likeness (QED) is 0.345. The highest BCUT2D eigenvalue weighted by atomic mass is 35.5. The third-order valence-corrected chi connectivity index (χ3v) is 8.81. The Labute approximate surface area is 208 Å². The van der Waals surface area contributed by atoms with Gasteiger partial charge in [0.1, 0.15) is 17.5 Å². The highest BCUT2D eigenvalue weighted by Gasteiger charge is 2.26. The van der Waals surface area contributed by atoms with Gasteiger partial charge in [-0.2, -0.15) is 0 Å². The maximum absolute atomic E-state index is 14.9. The molecule has 0 radical (unpaired) electrons. The third-order valence-electron chi connectivity index (χ3n) is 8.51. The van der Waals surface area contributed by atoms with Crippen LogP contribution in [0.3, 0.4) is 0 Å². The van der Waals surface area contributed by atoms with Crippen LogP contribution in [0.15, 0.2) is 30.3 Å². The summed E-state index contributed by atoms with van der Waals surface area (Å²) >= 11 is 5.71. The molecule has 0 heterocycles. The van der Waals surface area contributed by atoms with E-state index in [-0.39, 0.29) is 22.1 Å². The van der Waals surface area contributed by atoms with Crippen molar-refractivity contribution in [2.24, 2.45) is 17.8 Å². The molecule has 0 aliphatic heterocycles. The standard InChI is InChI=1S/C30H38ClF3/c1-2-3-4-20-5-7-21(8-6-20)9-10-22-11-13-23(14-12-22)25-18-28(33)30(29(34)19-25)24-15-16-26(31)27(32)17-24/h15-23H,2-14H2,1H3. The topological polar surface area (TPSA) is 0 Å². The first-order valence-electron chi connectivity index (χ1n) is 13.4. The molecule has 4 heteroatoms. The second-order valence-corrected chi connectivity index (χ2v) is 11.2. The number of hydrogen-bond donors (Lipinski definition) is 0. The minimum atomic E-state index is -0.676. The summed E-state index contributed by atoms with van der Waals surface area (Å²) in [4.78, 5) is 0. The highest BCUT2D eigenvalue weighted by molar-refractivity contribution is 6.30. The maximum atomic E-state index is 14.9. The number of halogens is 4. The van der Waals surface area contributed by atoms with Crippen molar-refractivity contribution in [3.63, 3.8) is 0 Å². The first-order valence-corrected chi connectivity index (χ1v) is 13.8. The molecule has 2 aliphatic carbocycles. The summed E-state index contributed by atoms with van der Waals surface area (Å²) in [6.07, 6.45) is 16.7. The molecule has 186 valence electrons. The van der Waals surface area contributed by atoms with Gasteiger partial charge in [0, 0.05) is 0 Å². The van der Waals surface area contributed by atoms with E-state index in [4.69, 9.17) is 11.6 Å². The summed E-state index contributed by atoms with van der Waals surface area (Å²) in [6, 6.07) is 6.78. The molecule has 0 amide bonds. The van der Waals surface area contributed by atoms with Gasteiger partial charge < -0.3 is 0 Å². The molecule has 2 fully saturated rings. The molecule has 0 atom stereocenters. The zero-order valence-corrected chi connectivity index (χ0v) is 21.2. The van der Waals surface area contributed by atoms with Gasteiger partial charge in [-0.1, -0.05) is 82.4 Å². The van der Waals surface area contributed by atoms with E-state index in [2.05, 4.69) is 6.92 Å². The van der Waals surface area contributed by atoms with Gasteiger partial charge in [-0.25, -0.2) is 13.2 Å². The van der Waals surface area contributed by atoms with Crippen LogP contribution in [0.2, 0.25) is 5.02 Å². The van der Waals surface area contributed by atoms with E-state index in [1.54, 1.807) is 0 Å². The van der Waals surface area contributed by atoms with Gasteiger partial charge in [0.15, 0.2) is 0 Å². The van der Waals surface area contributed by atoms with E-state index >= 15 is 0 Å². The maximum Gasteiger partial charge on any atom is 0.142 e. The molecule has 4 rings (SSSR count). The van der Waals surface area contributed by atoms with E-state index in [0.717, 1.165) is 55.1 Å². The van der Waals surface area contributed by atoms with Crippen molar-refractivity contribution < 1.29 is 13.2 Å². The number of hydrogen-bond acceptors (Lipinski definition) is 0. The van der Waals surface area contributed by atoms with Crippen molar-refractivity contribution in [1.29, 1.82) is 0 Å². The van der Waals surface area contributed by atoms with E-state index in [1.165, 1.54) is 82.1 Å². The van der Waals surface area contributed by atoms with Gasteiger partial charge in [0.2, 0.25) is 0 Å². The predicted octanol–water partition coefficient (Wildman–Crippen LogP) is 10.5. The van der Waals surface area contributed by atoms with Gasteiger partial charge in [0.05, 0.1) is 10.6 Å². The predicted molar refractivity (Wildman–Crippen MR) is 136 cm³/mol. The zero-order chi connectivity index (χ0) is 24.1. The van der Waals surface area contributed by atoms with Crippen LogP contribution in [-0.2, 0) is 0 Å². The second-order valence-electron chi connectivity index (χ2n) is 10.8. The van der Waals surface area contributed by atoms with Gasteiger partial charge in [-0.15, -0.1) is 0 Å². The molecule has 0 nitrogen and oxygen atoms in total. The second kappa shape index (κ2) is 12.0. The van der Waals surface area contributed by atoms with Crippen molar-refractivity contribution in [2.45, 2.75) is 96.3 Å². The first-order chi connectivity index (χ1) is 16.4. The van der Waals surface area contributed by atoms with Crippen molar-refractivity contribution in [2.75, 3.05) is 0 Å². The van der Waals surface area contributed by atoms with Crippen LogP contribution in [0.4, 0.5) is 13.2 Å². The minimum Gasteiger partial charge on any atom is -0.206 e. The summed E-state index contributed by atoms with van der Waals surface area (Å²) in [7, 11) is 0. The van der Waals surface area contributed by atoms with Gasteiger partial charge >= 0.3 is 0 Å². The van der Waals surface area contributed by atoms with E-state index in [0.29, 0.717) is 0 Å². The molecule has 0 bridgehead atoms. The fraction of sp³-hybridized carbons (Fsp3) is 0.600. The molecule has 2 saturated carbocycles. The molecule has 0 saturated heterocycles. The molecular formula is C30H38ClF3. The molecule has 0 unspecified atom stereocenters. The number of rotatable bonds is 8. The lowest BCUT2D eigenvalue weighted by Crippen LogP contribution is -2.18. The Bertz CT molecular complexity index is 917. The Morgan fingerprint density at radius 2 is 1.24 bits per heavy atom. The normalized spacial score (nSPS) is 25.4. The largest absolute Gasteiger partial charge is 0.206 e. The first kappa shape index (κ1) is 25.6. The van der Waals surface area contributed by atoms with Crippen LogP contribution in [0.1, 0.15) is 102 Å². The molecule has 0 spiro atoms. The lowest BCUT2D eigenvalue weighted by Gasteiger charge is -2.32. The van der Waals surface area contributed by atoms with Crippen LogP contribution in [0.5, 0.6) is 0 Å². The van der Waals surface area contributed by atoms with Gasteiger partial charge in [-0.05, 0) is 84.7 Å². The summed E-state index contributed by atoms with van der Waals surface area (Å²) in [5.41, 5.74) is 0.723. The Hall–Kier alpha value is -1.48. The van der Waals surface area contributed by atoms with Crippen LogP contribution >= 0.6 is 11.6 Å². The van der Waals surface area contributed by atoms with Crippen molar-refractivity contribution in [3.8, 4) is 11.1 Å². The SMILES string of the molecule is CCCCC1CCC(CCC2CCC(c3cc(F)c(-c4ccc(Cl)c(F)c4)c(F)c3)CC2)CC1. The minimum absolute atomic E-state index is 0.0578. The lowest BCUT2D eigenvalue weighted by molar-refractivity contribution is 0.222. The molecule has 34 heavy (non-hydrogen) atoms. The summed E-state index contributed by atoms with van der Waals surface area (Å²) < 4.78 is 43.6. The Morgan fingerprint density at radius 1 is 0.706 bits per heavy atom. The Balaban J connectivity index is 1.27. The number of benzene rings is 2. The molecular weight excluding hydrogens is 453 g/mol. The lowest BCUT2D eigenvalue weighted by atomic mass is 9.74. The van der Waals surface area contributed by atoms with Crippen LogP contribution in [-0.4, -0.2) is 0 Å². The fourth-order valence-electron chi connectivity index (χ4n) is 6.31. The van der Waals surface area contributed by atoms with E-state index in [1.807, 2.05) is 0 Å². The highest BCUT2D eigenvalue weighted by Crippen LogP contribution is 2.41. The van der Waals surface area contributed by atoms with Crippen LogP contribution in [0.25, 0.3) is 11.1 Å². The van der Waals surface area contributed by atoms with Crippen LogP contribution in [0, 0.1) is 35.2 Å².